The molecule has 3 unspecified atom stereocenters. The minimum Gasteiger partial charge on any atom is -0.357 e. The molecule has 0 aliphatic rings. The monoisotopic (exact) mass is 271 g/mol. The van der Waals surface area contributed by atoms with Crippen LogP contribution in [0.25, 0.3) is 0 Å². The molecule has 0 aliphatic heterocycles. The summed E-state index contributed by atoms with van der Waals surface area (Å²) in [7, 11) is 3.36. The maximum Gasteiger partial charge on any atom is 0.242 e. The lowest BCUT2D eigenvalue weighted by molar-refractivity contribution is -0.131. The van der Waals surface area contributed by atoms with E-state index in [1.165, 1.54) is 0 Å². The Bertz CT molecular complexity index is 292. The molecule has 3 N–H and O–H groups in total. The van der Waals surface area contributed by atoms with Gasteiger partial charge in [0.05, 0.1) is 6.04 Å². The van der Waals surface area contributed by atoms with Gasteiger partial charge in [0, 0.05) is 7.05 Å². The lowest BCUT2D eigenvalue weighted by atomic mass is 9.97. The van der Waals surface area contributed by atoms with Crippen LogP contribution < -0.4 is 16.0 Å². The maximum atomic E-state index is 12.2. The van der Waals surface area contributed by atoms with Crippen molar-refractivity contribution in [2.45, 2.75) is 52.6 Å². The van der Waals surface area contributed by atoms with Crippen LogP contribution in [0.5, 0.6) is 0 Å². The molecular weight excluding hydrogens is 242 g/mol. The highest BCUT2D eigenvalue weighted by molar-refractivity contribution is 5.89. The van der Waals surface area contributed by atoms with Gasteiger partial charge in [-0.15, -0.1) is 0 Å². The quantitative estimate of drug-likeness (QED) is 0.614. The van der Waals surface area contributed by atoms with E-state index in [4.69, 9.17) is 0 Å². The van der Waals surface area contributed by atoms with Gasteiger partial charge in [0.25, 0.3) is 0 Å². The Labute approximate surface area is 116 Å². The second-order valence-electron chi connectivity index (χ2n) is 5.46. The zero-order chi connectivity index (χ0) is 15.0. The predicted molar refractivity (Wildman–Crippen MR) is 77.8 cm³/mol. The van der Waals surface area contributed by atoms with Gasteiger partial charge < -0.3 is 16.0 Å². The van der Waals surface area contributed by atoms with Crippen molar-refractivity contribution in [3.05, 3.63) is 0 Å². The van der Waals surface area contributed by atoms with Gasteiger partial charge >= 0.3 is 0 Å². The fraction of sp³-hybridized carbons (Fsp3) is 0.857. The fourth-order valence-electron chi connectivity index (χ4n) is 1.94. The molecular formula is C14H29N3O2. The van der Waals surface area contributed by atoms with Crippen molar-refractivity contribution in [1.29, 1.82) is 0 Å². The third-order valence-electron chi connectivity index (χ3n) is 3.41. The summed E-state index contributed by atoms with van der Waals surface area (Å²) in [5.41, 5.74) is 0. The highest BCUT2D eigenvalue weighted by atomic mass is 16.2. The summed E-state index contributed by atoms with van der Waals surface area (Å²) in [5.74, 6) is 0.290. The summed E-state index contributed by atoms with van der Waals surface area (Å²) in [6.07, 6.45) is 1.59. The third kappa shape index (κ3) is 6.05. The Balaban J connectivity index is 4.73. The molecule has 0 saturated carbocycles. The maximum absolute atomic E-state index is 12.2. The zero-order valence-corrected chi connectivity index (χ0v) is 13.0. The molecule has 0 radical (unpaired) electrons. The van der Waals surface area contributed by atoms with Crippen LogP contribution in [0.2, 0.25) is 0 Å². The van der Waals surface area contributed by atoms with Crippen molar-refractivity contribution < 1.29 is 9.59 Å². The van der Waals surface area contributed by atoms with Gasteiger partial charge in [-0.05, 0) is 25.3 Å². The second-order valence-corrected chi connectivity index (χ2v) is 5.46. The van der Waals surface area contributed by atoms with Gasteiger partial charge in [-0.1, -0.05) is 34.1 Å². The Morgan fingerprint density at radius 2 is 1.63 bits per heavy atom. The van der Waals surface area contributed by atoms with Crippen LogP contribution >= 0.6 is 0 Å². The molecule has 0 spiro atoms. The standard InChI is InChI=1S/C14H29N3O2/c1-7-10(4)12(14(19)16-6)17-13(18)11(15-5)8-9(2)3/h9-12,15H,7-8H2,1-6H3,(H,16,19)(H,17,18). The van der Waals surface area contributed by atoms with Crippen molar-refractivity contribution in [2.75, 3.05) is 14.1 Å². The van der Waals surface area contributed by atoms with E-state index < -0.39 is 6.04 Å². The van der Waals surface area contributed by atoms with Gasteiger partial charge in [0.2, 0.25) is 11.8 Å². The highest BCUT2D eigenvalue weighted by Gasteiger charge is 2.27. The Morgan fingerprint density at radius 3 is 2.00 bits per heavy atom. The second kappa shape index (κ2) is 8.91. The first-order chi connectivity index (χ1) is 8.87. The molecule has 19 heavy (non-hydrogen) atoms. The number of nitrogens with one attached hydrogen (secondary N) is 3. The number of hydrogen-bond donors (Lipinski definition) is 3. The number of likely N-dealkylation sites (N-methyl/N-ethyl adjacent to an activating group) is 2. The summed E-state index contributed by atoms with van der Waals surface area (Å²) in [4.78, 5) is 24.0. The summed E-state index contributed by atoms with van der Waals surface area (Å²) in [6, 6.07) is -0.721. The van der Waals surface area contributed by atoms with Crippen LogP contribution in [0, 0.1) is 11.8 Å². The number of carbonyl (C=O) groups excluding carboxylic acids is 2. The molecule has 0 rings (SSSR count). The summed E-state index contributed by atoms with van der Waals surface area (Å²) in [6.45, 7) is 8.12. The van der Waals surface area contributed by atoms with Crippen LogP contribution in [0.1, 0.15) is 40.5 Å². The molecule has 0 aromatic rings. The molecule has 0 aliphatic carbocycles. The van der Waals surface area contributed by atoms with E-state index in [-0.39, 0.29) is 23.8 Å². The van der Waals surface area contributed by atoms with Gasteiger partial charge in [0.15, 0.2) is 0 Å². The fourth-order valence-corrected chi connectivity index (χ4v) is 1.94. The number of rotatable bonds is 8. The van der Waals surface area contributed by atoms with E-state index in [1.807, 2.05) is 13.8 Å². The van der Waals surface area contributed by atoms with Crippen LogP contribution in [-0.4, -0.2) is 38.0 Å². The summed E-state index contributed by atoms with van der Waals surface area (Å²) in [5, 5.41) is 8.48. The van der Waals surface area contributed by atoms with Crippen LogP contribution in [0.15, 0.2) is 0 Å². The van der Waals surface area contributed by atoms with E-state index in [2.05, 4.69) is 29.8 Å². The molecule has 0 saturated heterocycles. The number of amides is 2. The van der Waals surface area contributed by atoms with Crippen molar-refractivity contribution in [1.82, 2.24) is 16.0 Å². The minimum absolute atomic E-state index is 0.106. The largest absolute Gasteiger partial charge is 0.357 e. The van der Waals surface area contributed by atoms with E-state index >= 15 is 0 Å². The molecule has 5 nitrogen and oxygen atoms in total. The van der Waals surface area contributed by atoms with Gasteiger partial charge in [-0.25, -0.2) is 0 Å². The first kappa shape index (κ1) is 17.9. The number of carbonyl (C=O) groups is 2. The Kier molecular flexibility index (Phi) is 8.39. The predicted octanol–water partition coefficient (Wildman–Crippen LogP) is 0.897. The lowest BCUT2D eigenvalue weighted by Gasteiger charge is -2.26. The first-order valence-electron chi connectivity index (χ1n) is 7.06. The molecule has 5 heteroatoms. The normalized spacial score (nSPS) is 15.7. The lowest BCUT2D eigenvalue weighted by Crippen LogP contribution is -2.54. The SMILES string of the molecule is CCC(C)C(NC(=O)C(CC(C)C)NC)C(=O)NC. The van der Waals surface area contributed by atoms with E-state index in [1.54, 1.807) is 14.1 Å². The highest BCUT2D eigenvalue weighted by Crippen LogP contribution is 2.10. The van der Waals surface area contributed by atoms with Gasteiger partial charge in [0.1, 0.15) is 6.04 Å². The average molecular weight is 271 g/mol. The van der Waals surface area contributed by atoms with E-state index in [0.717, 1.165) is 12.8 Å². The number of hydrogen-bond acceptors (Lipinski definition) is 3. The van der Waals surface area contributed by atoms with Crippen molar-refractivity contribution in [3.63, 3.8) is 0 Å². The minimum atomic E-state index is -0.467. The summed E-state index contributed by atoms with van der Waals surface area (Å²) >= 11 is 0. The van der Waals surface area contributed by atoms with Gasteiger partial charge in [-0.2, -0.15) is 0 Å². The molecule has 0 aromatic carbocycles. The molecule has 3 atom stereocenters. The van der Waals surface area contributed by atoms with Crippen molar-refractivity contribution >= 4 is 11.8 Å². The third-order valence-corrected chi connectivity index (χ3v) is 3.41. The van der Waals surface area contributed by atoms with Gasteiger partial charge in [-0.3, -0.25) is 9.59 Å². The topological polar surface area (TPSA) is 70.2 Å². The average Bonchev–Trinajstić information content (AvgIpc) is 2.39. The van der Waals surface area contributed by atoms with Crippen LogP contribution in [0.4, 0.5) is 0 Å². The van der Waals surface area contributed by atoms with Crippen molar-refractivity contribution in [3.8, 4) is 0 Å². The molecule has 0 aromatic heterocycles. The molecule has 0 bridgehead atoms. The smallest absolute Gasteiger partial charge is 0.242 e. The van der Waals surface area contributed by atoms with E-state index in [0.29, 0.717) is 5.92 Å². The molecule has 0 fully saturated rings. The van der Waals surface area contributed by atoms with Crippen molar-refractivity contribution in [2.24, 2.45) is 11.8 Å². The molecule has 112 valence electrons. The first-order valence-corrected chi connectivity index (χ1v) is 7.06. The Morgan fingerprint density at radius 1 is 1.05 bits per heavy atom. The van der Waals surface area contributed by atoms with Crippen LogP contribution in [-0.2, 0) is 9.59 Å². The zero-order valence-electron chi connectivity index (χ0n) is 13.0. The molecule has 2 amide bonds. The molecule has 0 heterocycles. The summed E-state index contributed by atoms with van der Waals surface area (Å²) < 4.78 is 0. The Hall–Kier alpha value is -1.10. The van der Waals surface area contributed by atoms with Crippen LogP contribution in [0.3, 0.4) is 0 Å². The van der Waals surface area contributed by atoms with E-state index in [9.17, 15) is 9.59 Å².